The fourth-order valence-electron chi connectivity index (χ4n) is 1.52. The maximum absolute atomic E-state index is 12.2. The highest BCUT2D eigenvalue weighted by Gasteiger charge is 2.18. The molecular weight excluding hydrogens is 250 g/mol. The maximum atomic E-state index is 12.2. The smallest absolute Gasteiger partial charge is 0.265 e. The number of sulfonamides is 1. The number of rotatable bonds is 4. The Morgan fingerprint density at radius 1 is 1.11 bits per heavy atom. The van der Waals surface area contributed by atoms with Gasteiger partial charge in [0.05, 0.1) is 5.69 Å². The van der Waals surface area contributed by atoms with Crippen molar-refractivity contribution in [3.63, 3.8) is 0 Å². The molecule has 0 unspecified atom stereocenters. The van der Waals surface area contributed by atoms with E-state index < -0.39 is 10.0 Å². The molecule has 2 aromatic rings. The largest absolute Gasteiger partial charge is 0.387 e. The highest BCUT2D eigenvalue weighted by atomic mass is 32.2. The van der Waals surface area contributed by atoms with Gasteiger partial charge in [-0.3, -0.25) is 9.71 Å². The minimum absolute atomic E-state index is 0.122. The van der Waals surface area contributed by atoms with Crippen LogP contribution < -0.4 is 10.0 Å². The lowest BCUT2D eigenvalue weighted by Gasteiger charge is -2.11. The van der Waals surface area contributed by atoms with Gasteiger partial charge in [0.25, 0.3) is 10.0 Å². The van der Waals surface area contributed by atoms with Crippen LogP contribution in [0.4, 0.5) is 11.4 Å². The minimum Gasteiger partial charge on any atom is -0.387 e. The first-order valence-corrected chi connectivity index (χ1v) is 6.81. The molecule has 6 heteroatoms. The molecule has 94 valence electrons. The standard InChI is InChI=1S/C12H13N3O2S/c1-13-11-7-8-14-9-12(11)18(16,17)15-10-5-3-2-4-6-10/h2-9,15H,1H3,(H,13,14). The van der Waals surface area contributed by atoms with Gasteiger partial charge >= 0.3 is 0 Å². The molecule has 1 heterocycles. The van der Waals surface area contributed by atoms with Crippen LogP contribution in [0.15, 0.2) is 53.7 Å². The molecule has 0 aliphatic rings. The average Bonchev–Trinajstić information content (AvgIpc) is 2.39. The van der Waals surface area contributed by atoms with Gasteiger partial charge in [-0.05, 0) is 18.2 Å². The van der Waals surface area contributed by atoms with Crippen molar-refractivity contribution < 1.29 is 8.42 Å². The van der Waals surface area contributed by atoms with E-state index in [9.17, 15) is 8.42 Å². The molecule has 5 nitrogen and oxygen atoms in total. The Morgan fingerprint density at radius 3 is 2.50 bits per heavy atom. The third-order valence-corrected chi connectivity index (χ3v) is 3.78. The maximum Gasteiger partial charge on any atom is 0.265 e. The summed E-state index contributed by atoms with van der Waals surface area (Å²) in [6.07, 6.45) is 2.85. The fourth-order valence-corrected chi connectivity index (χ4v) is 2.73. The van der Waals surface area contributed by atoms with Crippen molar-refractivity contribution in [2.45, 2.75) is 4.90 Å². The average molecular weight is 263 g/mol. The molecule has 0 spiro atoms. The molecule has 0 saturated heterocycles. The van der Waals surface area contributed by atoms with Gasteiger partial charge in [-0.15, -0.1) is 0 Å². The molecule has 0 amide bonds. The van der Waals surface area contributed by atoms with E-state index in [0.29, 0.717) is 11.4 Å². The summed E-state index contributed by atoms with van der Waals surface area (Å²) in [4.78, 5) is 3.96. The zero-order valence-corrected chi connectivity index (χ0v) is 10.6. The first-order chi connectivity index (χ1) is 8.63. The fraction of sp³-hybridized carbons (Fsp3) is 0.0833. The lowest BCUT2D eigenvalue weighted by Crippen LogP contribution is -2.14. The number of para-hydroxylation sites is 1. The van der Waals surface area contributed by atoms with Gasteiger partial charge < -0.3 is 5.32 Å². The van der Waals surface area contributed by atoms with E-state index in [1.807, 2.05) is 6.07 Å². The Balaban J connectivity index is 2.37. The van der Waals surface area contributed by atoms with Crippen LogP contribution in [-0.4, -0.2) is 20.4 Å². The van der Waals surface area contributed by atoms with Gasteiger partial charge in [0.1, 0.15) is 4.90 Å². The van der Waals surface area contributed by atoms with Crippen LogP contribution in [0, 0.1) is 0 Å². The van der Waals surface area contributed by atoms with E-state index in [2.05, 4.69) is 15.0 Å². The molecule has 2 rings (SSSR count). The lowest BCUT2D eigenvalue weighted by molar-refractivity contribution is 0.601. The molecule has 2 N–H and O–H groups in total. The van der Waals surface area contributed by atoms with Crippen molar-refractivity contribution >= 4 is 21.4 Å². The number of nitrogens with one attached hydrogen (secondary N) is 2. The van der Waals surface area contributed by atoms with E-state index in [1.54, 1.807) is 37.4 Å². The molecule has 0 aliphatic carbocycles. The predicted octanol–water partition coefficient (Wildman–Crippen LogP) is 1.92. The normalized spacial score (nSPS) is 10.9. The van der Waals surface area contributed by atoms with Crippen LogP contribution in [0.25, 0.3) is 0 Å². The number of nitrogens with zero attached hydrogens (tertiary/aromatic N) is 1. The molecule has 0 fully saturated rings. The number of benzene rings is 1. The van der Waals surface area contributed by atoms with E-state index in [0.717, 1.165) is 0 Å². The van der Waals surface area contributed by atoms with E-state index in [1.165, 1.54) is 12.4 Å². The summed E-state index contributed by atoms with van der Waals surface area (Å²) in [6, 6.07) is 10.3. The molecule has 0 bridgehead atoms. The van der Waals surface area contributed by atoms with Crippen LogP contribution in [0.2, 0.25) is 0 Å². The minimum atomic E-state index is -3.63. The van der Waals surface area contributed by atoms with Crippen molar-refractivity contribution in [3.8, 4) is 0 Å². The van der Waals surface area contributed by atoms with Crippen molar-refractivity contribution in [2.75, 3.05) is 17.1 Å². The molecule has 18 heavy (non-hydrogen) atoms. The number of pyridine rings is 1. The molecule has 0 aliphatic heterocycles. The van der Waals surface area contributed by atoms with Crippen LogP contribution in [0.5, 0.6) is 0 Å². The monoisotopic (exact) mass is 263 g/mol. The Morgan fingerprint density at radius 2 is 1.83 bits per heavy atom. The van der Waals surface area contributed by atoms with Gasteiger partial charge in [-0.2, -0.15) is 0 Å². The highest BCUT2D eigenvalue weighted by Crippen LogP contribution is 2.21. The van der Waals surface area contributed by atoms with Gasteiger partial charge in [0.2, 0.25) is 0 Å². The molecule has 0 atom stereocenters. The second kappa shape index (κ2) is 5.05. The summed E-state index contributed by atoms with van der Waals surface area (Å²) in [5, 5.41) is 2.83. The summed E-state index contributed by atoms with van der Waals surface area (Å²) in [5.41, 5.74) is 1.02. The van der Waals surface area contributed by atoms with Crippen LogP contribution >= 0.6 is 0 Å². The molecule has 0 radical (unpaired) electrons. The van der Waals surface area contributed by atoms with Gasteiger partial charge in [-0.25, -0.2) is 8.42 Å². The van der Waals surface area contributed by atoms with E-state index in [4.69, 9.17) is 0 Å². The van der Waals surface area contributed by atoms with Crippen LogP contribution in [0.3, 0.4) is 0 Å². The van der Waals surface area contributed by atoms with E-state index >= 15 is 0 Å². The van der Waals surface area contributed by atoms with Crippen molar-refractivity contribution in [2.24, 2.45) is 0 Å². The first-order valence-electron chi connectivity index (χ1n) is 5.33. The Hall–Kier alpha value is -2.08. The van der Waals surface area contributed by atoms with E-state index in [-0.39, 0.29) is 4.90 Å². The summed E-state index contributed by atoms with van der Waals surface area (Å²) >= 11 is 0. The summed E-state index contributed by atoms with van der Waals surface area (Å²) < 4.78 is 26.9. The van der Waals surface area contributed by atoms with Gasteiger partial charge in [-0.1, -0.05) is 18.2 Å². The number of hydrogen-bond acceptors (Lipinski definition) is 4. The third-order valence-electron chi connectivity index (χ3n) is 2.37. The topological polar surface area (TPSA) is 71.1 Å². The third kappa shape index (κ3) is 2.60. The predicted molar refractivity (Wildman–Crippen MR) is 71.0 cm³/mol. The lowest BCUT2D eigenvalue weighted by atomic mass is 10.3. The molecule has 1 aromatic heterocycles. The number of aromatic nitrogens is 1. The second-order valence-electron chi connectivity index (χ2n) is 3.59. The quantitative estimate of drug-likeness (QED) is 0.884. The zero-order chi connectivity index (χ0) is 13.0. The van der Waals surface area contributed by atoms with Crippen LogP contribution in [0.1, 0.15) is 0 Å². The molecule has 1 aromatic carbocycles. The summed E-state index contributed by atoms with van der Waals surface area (Å²) in [5.74, 6) is 0. The van der Waals surface area contributed by atoms with Crippen molar-refractivity contribution in [1.29, 1.82) is 0 Å². The molecule has 0 saturated carbocycles. The Bertz CT molecular complexity index is 627. The molecular formula is C12H13N3O2S. The van der Waals surface area contributed by atoms with Crippen LogP contribution in [-0.2, 0) is 10.0 Å². The van der Waals surface area contributed by atoms with Crippen molar-refractivity contribution in [3.05, 3.63) is 48.8 Å². The number of hydrogen-bond donors (Lipinski definition) is 2. The Labute approximate surface area is 106 Å². The first kappa shape index (κ1) is 12.4. The summed E-state index contributed by atoms with van der Waals surface area (Å²) in [6.45, 7) is 0. The number of anilines is 2. The SMILES string of the molecule is CNc1ccncc1S(=O)(=O)Nc1ccccc1. The second-order valence-corrected chi connectivity index (χ2v) is 5.24. The van der Waals surface area contributed by atoms with Crippen molar-refractivity contribution in [1.82, 2.24) is 4.98 Å². The van der Waals surface area contributed by atoms with Gasteiger partial charge in [0.15, 0.2) is 0 Å². The van der Waals surface area contributed by atoms with Gasteiger partial charge in [0, 0.05) is 25.1 Å². The zero-order valence-electron chi connectivity index (χ0n) is 9.79. The summed E-state index contributed by atoms with van der Waals surface area (Å²) in [7, 11) is -1.97. The Kier molecular flexibility index (Phi) is 3.47. The highest BCUT2D eigenvalue weighted by molar-refractivity contribution is 7.92.